The lowest BCUT2D eigenvalue weighted by molar-refractivity contribution is 0.0928. The van der Waals surface area contributed by atoms with Crippen molar-refractivity contribution in [3.63, 3.8) is 0 Å². The van der Waals surface area contributed by atoms with E-state index in [2.05, 4.69) is 5.32 Å². The Balaban J connectivity index is 3.01. The van der Waals surface area contributed by atoms with Gasteiger partial charge in [0.2, 0.25) is 10.0 Å². The highest BCUT2D eigenvalue weighted by Gasteiger charge is 2.18. The molecule has 0 aliphatic carbocycles. The summed E-state index contributed by atoms with van der Waals surface area (Å²) in [5.74, 6) is -0.0247. The van der Waals surface area contributed by atoms with Crippen LogP contribution in [0.5, 0.6) is 0 Å². The smallest absolute Gasteiger partial charge is 0.251 e. The molecule has 0 heterocycles. The number of nitrogens with one attached hydrogen (secondary N) is 1. The summed E-state index contributed by atoms with van der Waals surface area (Å²) in [7, 11) is -3.95. The van der Waals surface area contributed by atoms with Gasteiger partial charge in [-0.3, -0.25) is 4.79 Å². The van der Waals surface area contributed by atoms with Crippen molar-refractivity contribution in [2.75, 3.05) is 0 Å². The first-order valence-electron chi connectivity index (χ1n) is 6.30. The Morgan fingerprint density at radius 3 is 2.50 bits per heavy atom. The van der Waals surface area contributed by atoms with E-state index >= 15 is 0 Å². The number of halogens is 1. The third kappa shape index (κ3) is 4.19. The van der Waals surface area contributed by atoms with Crippen molar-refractivity contribution in [1.82, 2.24) is 5.32 Å². The number of primary sulfonamides is 1. The predicted octanol–water partition coefficient (Wildman–Crippen LogP) is 2.15. The molecule has 1 rings (SSSR count). The van der Waals surface area contributed by atoms with Gasteiger partial charge in [-0.15, -0.1) is 0 Å². The van der Waals surface area contributed by atoms with Crippen molar-refractivity contribution in [3.05, 3.63) is 28.8 Å². The van der Waals surface area contributed by atoms with Crippen molar-refractivity contribution < 1.29 is 13.2 Å². The molecule has 0 fully saturated rings. The van der Waals surface area contributed by atoms with Crippen molar-refractivity contribution >= 4 is 27.5 Å². The lowest BCUT2D eigenvalue weighted by Gasteiger charge is -2.20. The zero-order valence-electron chi connectivity index (χ0n) is 11.7. The van der Waals surface area contributed by atoms with E-state index in [0.29, 0.717) is 5.92 Å². The molecule has 1 amide bonds. The summed E-state index contributed by atoms with van der Waals surface area (Å²) in [4.78, 5) is 11.8. The van der Waals surface area contributed by atoms with E-state index in [9.17, 15) is 13.2 Å². The van der Waals surface area contributed by atoms with Gasteiger partial charge in [0.05, 0.1) is 5.02 Å². The molecule has 0 radical (unpaired) electrons. The van der Waals surface area contributed by atoms with Crippen LogP contribution in [0.3, 0.4) is 0 Å². The second-order valence-corrected chi connectivity index (χ2v) is 6.77. The Morgan fingerprint density at radius 2 is 2.00 bits per heavy atom. The summed E-state index contributed by atoms with van der Waals surface area (Å²) >= 11 is 5.77. The first-order chi connectivity index (χ1) is 9.16. The second-order valence-electron chi connectivity index (χ2n) is 4.84. The molecule has 0 aliphatic heterocycles. The fourth-order valence-corrected chi connectivity index (χ4v) is 2.72. The summed E-state index contributed by atoms with van der Waals surface area (Å²) in [5, 5.41) is 7.88. The highest BCUT2D eigenvalue weighted by atomic mass is 35.5. The van der Waals surface area contributed by atoms with Crippen LogP contribution in [-0.4, -0.2) is 20.4 Å². The topological polar surface area (TPSA) is 89.3 Å². The monoisotopic (exact) mass is 318 g/mol. The normalized spacial score (nSPS) is 14.7. The molecule has 0 aromatic heterocycles. The minimum absolute atomic E-state index is 0.000903. The molecule has 0 saturated carbocycles. The van der Waals surface area contributed by atoms with Crippen LogP contribution < -0.4 is 10.5 Å². The molecule has 2 atom stereocenters. The third-order valence-corrected chi connectivity index (χ3v) is 4.75. The van der Waals surface area contributed by atoms with E-state index in [1.165, 1.54) is 18.2 Å². The molecule has 0 saturated heterocycles. The van der Waals surface area contributed by atoms with Crippen molar-refractivity contribution in [3.8, 4) is 0 Å². The molecule has 20 heavy (non-hydrogen) atoms. The van der Waals surface area contributed by atoms with Crippen LogP contribution in [0.4, 0.5) is 0 Å². The number of carbonyl (C=O) groups is 1. The van der Waals surface area contributed by atoms with Crippen molar-refractivity contribution in [1.29, 1.82) is 0 Å². The predicted molar refractivity (Wildman–Crippen MR) is 79.2 cm³/mol. The molecular weight excluding hydrogens is 300 g/mol. The number of hydrogen-bond acceptors (Lipinski definition) is 3. The molecule has 0 spiro atoms. The van der Waals surface area contributed by atoms with E-state index in [4.69, 9.17) is 16.7 Å². The molecule has 0 aliphatic rings. The van der Waals surface area contributed by atoms with E-state index in [-0.39, 0.29) is 27.4 Å². The maximum absolute atomic E-state index is 12.1. The van der Waals surface area contributed by atoms with Crippen molar-refractivity contribution in [2.45, 2.75) is 38.1 Å². The van der Waals surface area contributed by atoms with Gasteiger partial charge in [0.1, 0.15) is 4.90 Å². The molecule has 5 nitrogen and oxygen atoms in total. The van der Waals surface area contributed by atoms with Gasteiger partial charge >= 0.3 is 0 Å². The number of benzene rings is 1. The standard InChI is InChI=1S/C13H19ClN2O3S/c1-4-8(2)9(3)16-13(17)10-5-6-11(14)12(7-10)20(15,18)19/h5-9H,4H2,1-3H3,(H,16,17)(H2,15,18,19). The number of carbonyl (C=O) groups excluding carboxylic acids is 1. The van der Waals surface area contributed by atoms with E-state index in [0.717, 1.165) is 6.42 Å². The number of rotatable bonds is 5. The van der Waals surface area contributed by atoms with Crippen LogP contribution in [0.25, 0.3) is 0 Å². The van der Waals surface area contributed by atoms with Crippen LogP contribution in [0, 0.1) is 5.92 Å². The summed E-state index contributed by atoms with van der Waals surface area (Å²) in [6, 6.07) is 4.00. The Kier molecular flexibility index (Phi) is 5.56. The highest BCUT2D eigenvalue weighted by Crippen LogP contribution is 2.21. The number of sulfonamides is 1. The number of hydrogen-bond donors (Lipinski definition) is 2. The van der Waals surface area contributed by atoms with E-state index in [1.54, 1.807) is 0 Å². The summed E-state index contributed by atoms with van der Waals surface area (Å²) in [6.45, 7) is 5.97. The SMILES string of the molecule is CCC(C)C(C)NC(=O)c1ccc(Cl)c(S(N)(=O)=O)c1. The zero-order valence-corrected chi connectivity index (χ0v) is 13.3. The Morgan fingerprint density at radius 1 is 1.40 bits per heavy atom. The van der Waals surface area contributed by atoms with Gasteiger partial charge in [0, 0.05) is 11.6 Å². The zero-order chi connectivity index (χ0) is 15.5. The first kappa shape index (κ1) is 16.9. The number of nitrogens with two attached hydrogens (primary N) is 1. The first-order valence-corrected chi connectivity index (χ1v) is 8.22. The van der Waals surface area contributed by atoms with Gasteiger partial charge in [0.25, 0.3) is 5.91 Å². The molecule has 0 bridgehead atoms. The van der Waals surface area contributed by atoms with Crippen LogP contribution in [0.2, 0.25) is 5.02 Å². The molecule has 1 aromatic rings. The average Bonchev–Trinajstić information content (AvgIpc) is 2.36. The average molecular weight is 319 g/mol. The summed E-state index contributed by atoms with van der Waals surface area (Å²) in [6.07, 6.45) is 0.935. The van der Waals surface area contributed by atoms with Gasteiger partial charge in [0.15, 0.2) is 0 Å². The fraction of sp³-hybridized carbons (Fsp3) is 0.462. The maximum Gasteiger partial charge on any atom is 0.251 e. The van der Waals surface area contributed by atoms with Crippen LogP contribution in [0.1, 0.15) is 37.6 Å². The minimum atomic E-state index is -3.95. The molecule has 3 N–H and O–H groups in total. The van der Waals surface area contributed by atoms with E-state index in [1.807, 2.05) is 20.8 Å². The Labute approximate surface area is 124 Å². The second kappa shape index (κ2) is 6.56. The van der Waals surface area contributed by atoms with E-state index < -0.39 is 10.0 Å². The van der Waals surface area contributed by atoms with Crippen molar-refractivity contribution in [2.24, 2.45) is 11.1 Å². The Hall–Kier alpha value is -1.11. The van der Waals surface area contributed by atoms with Gasteiger partial charge in [-0.05, 0) is 31.0 Å². The molecular formula is C13H19ClN2O3S. The van der Waals surface area contributed by atoms with Gasteiger partial charge in [-0.25, -0.2) is 13.6 Å². The number of amides is 1. The van der Waals surface area contributed by atoms with Gasteiger partial charge < -0.3 is 5.32 Å². The lowest BCUT2D eigenvalue weighted by atomic mass is 10.0. The lowest BCUT2D eigenvalue weighted by Crippen LogP contribution is -2.37. The van der Waals surface area contributed by atoms with Crippen LogP contribution in [-0.2, 0) is 10.0 Å². The molecule has 112 valence electrons. The highest BCUT2D eigenvalue weighted by molar-refractivity contribution is 7.89. The molecule has 2 unspecified atom stereocenters. The largest absolute Gasteiger partial charge is 0.349 e. The van der Waals surface area contributed by atoms with Gasteiger partial charge in [-0.2, -0.15) is 0 Å². The van der Waals surface area contributed by atoms with Crippen LogP contribution >= 0.6 is 11.6 Å². The molecule has 7 heteroatoms. The minimum Gasteiger partial charge on any atom is -0.349 e. The Bertz CT molecular complexity index is 602. The fourth-order valence-electron chi connectivity index (χ4n) is 1.65. The quantitative estimate of drug-likeness (QED) is 0.871. The summed E-state index contributed by atoms with van der Waals surface area (Å²) in [5.41, 5.74) is 0.216. The van der Waals surface area contributed by atoms with Gasteiger partial charge in [-0.1, -0.05) is 31.9 Å². The summed E-state index contributed by atoms with van der Waals surface area (Å²) < 4.78 is 22.7. The maximum atomic E-state index is 12.1. The third-order valence-electron chi connectivity index (χ3n) is 3.36. The van der Waals surface area contributed by atoms with Crippen LogP contribution in [0.15, 0.2) is 23.1 Å². The molecule has 1 aromatic carbocycles.